The molecule has 4 heterocycles. The Labute approximate surface area is 234 Å². The van der Waals surface area contributed by atoms with Crippen LogP contribution in [0, 0.1) is 0 Å². The van der Waals surface area contributed by atoms with Crippen molar-refractivity contribution in [3.8, 4) is 11.4 Å². The Morgan fingerprint density at radius 1 is 0.923 bits per heavy atom. The molecule has 0 radical (unpaired) electrons. The molecule has 9 heteroatoms. The average molecular weight is 548 g/mol. The number of nitrogens with zero attached hydrogens (tertiary/aromatic N) is 5. The van der Waals surface area contributed by atoms with Gasteiger partial charge in [-0.25, -0.2) is 9.97 Å². The van der Waals surface area contributed by atoms with Gasteiger partial charge in [-0.2, -0.15) is 0 Å². The summed E-state index contributed by atoms with van der Waals surface area (Å²) in [6, 6.07) is 18.2. The van der Waals surface area contributed by atoms with Crippen molar-refractivity contribution < 1.29 is 14.3 Å². The van der Waals surface area contributed by atoms with E-state index in [4.69, 9.17) is 26.1 Å². The van der Waals surface area contributed by atoms with E-state index in [1.54, 1.807) is 0 Å². The fourth-order valence-electron chi connectivity index (χ4n) is 5.55. The van der Waals surface area contributed by atoms with Gasteiger partial charge in [0.05, 0.1) is 19.8 Å². The molecule has 0 aliphatic carbocycles. The van der Waals surface area contributed by atoms with Gasteiger partial charge in [0.1, 0.15) is 23.7 Å². The molecular formula is C30H34ClN5O3. The number of rotatable bonds is 8. The molecule has 0 bridgehead atoms. The number of benzene rings is 2. The van der Waals surface area contributed by atoms with Crippen LogP contribution in [-0.2, 0) is 27.2 Å². The number of carbonyl (C=O) groups excluding carboxylic acids is 1. The Bertz CT molecular complexity index is 1280. The molecule has 1 unspecified atom stereocenters. The summed E-state index contributed by atoms with van der Waals surface area (Å²) < 4.78 is 11.4. The van der Waals surface area contributed by atoms with Crippen molar-refractivity contribution in [2.24, 2.45) is 0 Å². The Morgan fingerprint density at radius 2 is 1.72 bits per heavy atom. The highest BCUT2D eigenvalue weighted by Crippen LogP contribution is 2.34. The first kappa shape index (κ1) is 26.2. The van der Waals surface area contributed by atoms with E-state index >= 15 is 0 Å². The molecule has 0 spiro atoms. The highest BCUT2D eigenvalue weighted by atomic mass is 35.5. The van der Waals surface area contributed by atoms with Crippen molar-refractivity contribution in [2.75, 3.05) is 64.0 Å². The van der Waals surface area contributed by atoms with Crippen molar-refractivity contribution in [1.29, 1.82) is 0 Å². The van der Waals surface area contributed by atoms with Crippen molar-refractivity contribution in [2.45, 2.75) is 25.5 Å². The van der Waals surface area contributed by atoms with Crippen molar-refractivity contribution >= 4 is 23.3 Å². The molecule has 2 saturated heterocycles. The molecule has 8 nitrogen and oxygen atoms in total. The van der Waals surface area contributed by atoms with E-state index in [0.29, 0.717) is 24.1 Å². The normalized spacial score (nSPS) is 19.9. The zero-order valence-corrected chi connectivity index (χ0v) is 22.9. The standard InChI is InChI=1S/C30H34ClN5O3/c31-28-25-11-14-35(13-4-12-34-15-17-38-18-16-34)30(25)33-29(32-28)24-9-7-23(8-10-24)26-20-36(27(37)21-39-26)19-22-5-2-1-3-6-22/h1-3,5-10,26H,4,11-21H2. The summed E-state index contributed by atoms with van der Waals surface area (Å²) >= 11 is 6.64. The number of amides is 1. The molecule has 1 atom stereocenters. The third-order valence-electron chi connectivity index (χ3n) is 7.78. The molecule has 39 heavy (non-hydrogen) atoms. The van der Waals surface area contributed by atoms with Crippen molar-refractivity contribution in [1.82, 2.24) is 19.8 Å². The molecule has 2 fully saturated rings. The summed E-state index contributed by atoms with van der Waals surface area (Å²) in [4.78, 5) is 28.7. The maximum Gasteiger partial charge on any atom is 0.249 e. The fourth-order valence-corrected chi connectivity index (χ4v) is 5.81. The van der Waals surface area contributed by atoms with Crippen LogP contribution in [0.1, 0.15) is 29.2 Å². The SMILES string of the molecule is O=C1COC(c2ccc(-c3nc(Cl)c4c(n3)N(CCCN3CCOCC3)CC4)cc2)CN1Cc1ccccc1. The summed E-state index contributed by atoms with van der Waals surface area (Å²) in [5.74, 6) is 1.61. The summed E-state index contributed by atoms with van der Waals surface area (Å²) in [7, 11) is 0. The quantitative estimate of drug-likeness (QED) is 0.395. The average Bonchev–Trinajstić information content (AvgIpc) is 3.39. The highest BCUT2D eigenvalue weighted by Gasteiger charge is 2.28. The van der Waals surface area contributed by atoms with E-state index in [0.717, 1.165) is 86.9 Å². The molecule has 3 aromatic rings. The Balaban J connectivity index is 1.12. The smallest absolute Gasteiger partial charge is 0.249 e. The molecule has 0 N–H and O–H groups in total. The third kappa shape index (κ3) is 6.09. The maximum atomic E-state index is 12.5. The van der Waals surface area contributed by atoms with Crippen LogP contribution in [0.2, 0.25) is 5.15 Å². The van der Waals surface area contributed by atoms with Crippen molar-refractivity contribution in [3.63, 3.8) is 0 Å². The first-order valence-corrected chi connectivity index (χ1v) is 14.2. The lowest BCUT2D eigenvalue weighted by Crippen LogP contribution is -2.42. The number of hydrogen-bond acceptors (Lipinski definition) is 7. The topological polar surface area (TPSA) is 71.0 Å². The van der Waals surface area contributed by atoms with Gasteiger partial charge in [-0.3, -0.25) is 9.69 Å². The molecule has 1 amide bonds. The summed E-state index contributed by atoms with van der Waals surface area (Å²) in [5, 5.41) is 0.542. The molecule has 1 aromatic heterocycles. The van der Waals surface area contributed by atoms with Gasteiger partial charge >= 0.3 is 0 Å². The lowest BCUT2D eigenvalue weighted by atomic mass is 10.0. The predicted octanol–water partition coefficient (Wildman–Crippen LogP) is 3.98. The minimum absolute atomic E-state index is 0.0161. The van der Waals surface area contributed by atoms with Crippen LogP contribution >= 0.6 is 11.6 Å². The fraction of sp³-hybridized carbons (Fsp3) is 0.433. The molecule has 204 valence electrons. The van der Waals surface area contributed by atoms with E-state index < -0.39 is 0 Å². The third-order valence-corrected chi connectivity index (χ3v) is 8.09. The van der Waals surface area contributed by atoms with Crippen LogP contribution < -0.4 is 4.90 Å². The van der Waals surface area contributed by atoms with E-state index in [1.165, 1.54) is 0 Å². The van der Waals surface area contributed by atoms with Crippen LogP contribution in [0.15, 0.2) is 54.6 Å². The Morgan fingerprint density at radius 3 is 2.51 bits per heavy atom. The zero-order valence-electron chi connectivity index (χ0n) is 22.1. The number of anilines is 1. The molecule has 2 aromatic carbocycles. The maximum absolute atomic E-state index is 12.5. The lowest BCUT2D eigenvalue weighted by molar-refractivity contribution is -0.150. The lowest BCUT2D eigenvalue weighted by Gasteiger charge is -2.33. The zero-order chi connectivity index (χ0) is 26.6. The van der Waals surface area contributed by atoms with Gasteiger partial charge in [0.15, 0.2) is 5.82 Å². The highest BCUT2D eigenvalue weighted by molar-refractivity contribution is 6.30. The van der Waals surface area contributed by atoms with E-state index in [2.05, 4.69) is 14.8 Å². The molecule has 3 aliphatic rings. The van der Waals surface area contributed by atoms with E-state index in [-0.39, 0.29) is 18.6 Å². The van der Waals surface area contributed by atoms with Crippen LogP contribution in [0.4, 0.5) is 5.82 Å². The summed E-state index contributed by atoms with van der Waals surface area (Å²) in [5.41, 5.74) is 4.10. The first-order chi connectivity index (χ1) is 19.1. The van der Waals surface area contributed by atoms with E-state index in [1.807, 2.05) is 59.5 Å². The molecule has 0 saturated carbocycles. The number of morpholine rings is 2. The Hall–Kier alpha value is -3.04. The van der Waals surface area contributed by atoms with Gasteiger partial charge in [-0.05, 0) is 24.0 Å². The predicted molar refractivity (Wildman–Crippen MR) is 151 cm³/mol. The summed E-state index contributed by atoms with van der Waals surface area (Å²) in [6.07, 6.45) is 1.78. The number of carbonyl (C=O) groups is 1. The number of hydrogen-bond donors (Lipinski definition) is 0. The van der Waals surface area contributed by atoms with Gasteiger partial charge in [0.25, 0.3) is 0 Å². The number of aromatic nitrogens is 2. The van der Waals surface area contributed by atoms with Gasteiger partial charge < -0.3 is 19.3 Å². The van der Waals surface area contributed by atoms with Gasteiger partial charge in [0, 0.05) is 50.4 Å². The minimum atomic E-state index is -0.174. The van der Waals surface area contributed by atoms with Gasteiger partial charge in [-0.15, -0.1) is 0 Å². The second kappa shape index (κ2) is 12.0. The van der Waals surface area contributed by atoms with Crippen LogP contribution in [0.25, 0.3) is 11.4 Å². The van der Waals surface area contributed by atoms with Crippen molar-refractivity contribution in [3.05, 3.63) is 76.4 Å². The van der Waals surface area contributed by atoms with Crippen LogP contribution in [-0.4, -0.2) is 84.8 Å². The second-order valence-corrected chi connectivity index (χ2v) is 10.7. The monoisotopic (exact) mass is 547 g/mol. The number of halogens is 1. The largest absolute Gasteiger partial charge is 0.379 e. The molecule has 3 aliphatic heterocycles. The van der Waals surface area contributed by atoms with Gasteiger partial charge in [-0.1, -0.05) is 66.2 Å². The van der Waals surface area contributed by atoms with Crippen LogP contribution in [0.5, 0.6) is 0 Å². The first-order valence-electron chi connectivity index (χ1n) is 13.8. The molecule has 6 rings (SSSR count). The minimum Gasteiger partial charge on any atom is -0.379 e. The number of ether oxygens (including phenoxy) is 2. The number of fused-ring (bicyclic) bond motifs is 1. The second-order valence-electron chi connectivity index (χ2n) is 10.4. The summed E-state index contributed by atoms with van der Waals surface area (Å²) in [6.45, 7) is 7.82. The van der Waals surface area contributed by atoms with Crippen LogP contribution in [0.3, 0.4) is 0 Å². The van der Waals surface area contributed by atoms with E-state index in [9.17, 15) is 4.79 Å². The molecular weight excluding hydrogens is 514 g/mol. The van der Waals surface area contributed by atoms with Gasteiger partial charge in [0.2, 0.25) is 5.91 Å². The Kier molecular flexibility index (Phi) is 8.06.